The van der Waals surface area contributed by atoms with Gasteiger partial charge in [0.05, 0.1) is 54.6 Å². The second-order valence-electron chi connectivity index (χ2n) is 11.2. The first-order valence-electron chi connectivity index (χ1n) is 14.6. The number of carbonyl (C=O) groups is 1. The van der Waals surface area contributed by atoms with E-state index in [1.165, 1.54) is 6.07 Å². The summed E-state index contributed by atoms with van der Waals surface area (Å²) in [7, 11) is 0. The van der Waals surface area contributed by atoms with Crippen LogP contribution in [0.4, 0.5) is 10.2 Å². The summed E-state index contributed by atoms with van der Waals surface area (Å²) in [5, 5.41) is 14.4. The maximum atomic E-state index is 14.6. The second kappa shape index (κ2) is 11.2. The number of pyridine rings is 1. The van der Waals surface area contributed by atoms with Crippen LogP contribution in [0.25, 0.3) is 22.1 Å². The smallest absolute Gasteiger partial charge is 0.160 e. The minimum Gasteiger partial charge on any atom is -0.376 e. The lowest BCUT2D eigenvalue weighted by molar-refractivity contribution is -0.0592. The monoisotopic (exact) mass is 578 g/mol. The minimum absolute atomic E-state index is 0.0449. The maximum absolute atomic E-state index is 14.6. The van der Waals surface area contributed by atoms with Crippen LogP contribution >= 0.6 is 0 Å². The standard InChI is InChI=1S/C32H31FN8O2/c1-21(42)23-4-6-28-29(15-23)40(19-26-8-13-43-26)31(36-28)20-38-9-11-39(12-10-38)30-7-5-24-17-35-41(32(24)37-30)18-25-3-2-22(16-34)14-27(25)33/h2-7,14-15,17,26H,8-13,18-20H2,1H3/t26-/m0/s1. The molecule has 1 atom stereocenters. The average Bonchev–Trinajstić information content (AvgIpc) is 3.55. The van der Waals surface area contributed by atoms with E-state index in [1.54, 1.807) is 29.9 Å². The first kappa shape index (κ1) is 27.2. The van der Waals surface area contributed by atoms with Gasteiger partial charge in [-0.2, -0.15) is 10.4 Å². The van der Waals surface area contributed by atoms with Crippen molar-refractivity contribution in [1.82, 2.24) is 29.2 Å². The molecule has 0 N–H and O–H groups in total. The van der Waals surface area contributed by atoms with Crippen molar-refractivity contribution in [2.45, 2.75) is 39.1 Å². The highest BCUT2D eigenvalue weighted by atomic mass is 19.1. The van der Waals surface area contributed by atoms with Gasteiger partial charge in [-0.1, -0.05) is 6.07 Å². The van der Waals surface area contributed by atoms with E-state index in [0.717, 1.165) is 73.8 Å². The molecule has 3 aromatic heterocycles. The first-order chi connectivity index (χ1) is 20.9. The molecule has 2 aliphatic rings. The Morgan fingerprint density at radius 3 is 2.63 bits per heavy atom. The fourth-order valence-corrected chi connectivity index (χ4v) is 5.82. The van der Waals surface area contributed by atoms with Gasteiger partial charge >= 0.3 is 0 Å². The number of imidazole rings is 1. The highest BCUT2D eigenvalue weighted by Crippen LogP contribution is 2.25. The third-order valence-electron chi connectivity index (χ3n) is 8.45. The second-order valence-corrected chi connectivity index (χ2v) is 11.2. The van der Waals surface area contributed by atoms with Crippen LogP contribution in [0.2, 0.25) is 0 Å². The molecule has 0 bridgehead atoms. The number of benzene rings is 2. The van der Waals surface area contributed by atoms with Crippen LogP contribution in [-0.2, 0) is 24.4 Å². The molecule has 10 nitrogen and oxygen atoms in total. The van der Waals surface area contributed by atoms with E-state index < -0.39 is 5.82 Å². The normalized spacial score (nSPS) is 17.3. The van der Waals surface area contributed by atoms with Crippen LogP contribution < -0.4 is 4.90 Å². The van der Waals surface area contributed by atoms with Gasteiger partial charge < -0.3 is 14.2 Å². The molecule has 218 valence electrons. The molecule has 0 amide bonds. The Hall–Kier alpha value is -4.66. The Morgan fingerprint density at radius 1 is 1.07 bits per heavy atom. The molecule has 11 heteroatoms. The van der Waals surface area contributed by atoms with Crippen molar-refractivity contribution >= 4 is 33.7 Å². The van der Waals surface area contributed by atoms with E-state index in [9.17, 15) is 9.18 Å². The largest absolute Gasteiger partial charge is 0.376 e. The van der Waals surface area contributed by atoms with Crippen molar-refractivity contribution in [3.63, 3.8) is 0 Å². The number of anilines is 1. The van der Waals surface area contributed by atoms with E-state index in [1.807, 2.05) is 36.4 Å². The summed E-state index contributed by atoms with van der Waals surface area (Å²) in [6.07, 6.45) is 2.95. The van der Waals surface area contributed by atoms with Gasteiger partial charge in [0.15, 0.2) is 11.4 Å². The number of fused-ring (bicyclic) bond motifs is 2. The number of hydrogen-bond donors (Lipinski definition) is 0. The third kappa shape index (κ3) is 5.35. The molecule has 0 radical (unpaired) electrons. The number of piperazine rings is 1. The predicted octanol–water partition coefficient (Wildman–Crippen LogP) is 4.15. The van der Waals surface area contributed by atoms with E-state index >= 15 is 0 Å². The molecule has 7 rings (SSSR count). The molecule has 2 aliphatic heterocycles. The number of hydrogen-bond acceptors (Lipinski definition) is 8. The molecule has 5 heterocycles. The summed E-state index contributed by atoms with van der Waals surface area (Å²) < 4.78 is 24.2. The van der Waals surface area contributed by atoms with Gasteiger partial charge in [0, 0.05) is 49.3 Å². The number of nitriles is 1. The van der Waals surface area contributed by atoms with E-state index in [-0.39, 0.29) is 24.0 Å². The Balaban J connectivity index is 1.06. The van der Waals surface area contributed by atoms with Crippen LogP contribution in [0.3, 0.4) is 0 Å². The Morgan fingerprint density at radius 2 is 1.91 bits per heavy atom. The number of carbonyl (C=O) groups excluding carboxylic acids is 1. The molecule has 2 fully saturated rings. The molecule has 0 saturated carbocycles. The zero-order chi connectivity index (χ0) is 29.5. The maximum Gasteiger partial charge on any atom is 0.160 e. The summed E-state index contributed by atoms with van der Waals surface area (Å²) in [6, 6.07) is 16.2. The van der Waals surface area contributed by atoms with Crippen molar-refractivity contribution in [2.24, 2.45) is 0 Å². The van der Waals surface area contributed by atoms with Crippen LogP contribution in [0.5, 0.6) is 0 Å². The highest BCUT2D eigenvalue weighted by molar-refractivity contribution is 5.97. The van der Waals surface area contributed by atoms with Crippen molar-refractivity contribution in [3.05, 3.63) is 83.1 Å². The number of ketones is 1. The van der Waals surface area contributed by atoms with Crippen LogP contribution in [0.1, 0.15) is 40.7 Å². The van der Waals surface area contributed by atoms with Crippen LogP contribution in [0, 0.1) is 17.1 Å². The van der Waals surface area contributed by atoms with Crippen molar-refractivity contribution in [3.8, 4) is 6.07 Å². The van der Waals surface area contributed by atoms with Gasteiger partial charge in [-0.25, -0.2) is 19.0 Å². The number of ether oxygens (including phenoxy) is 1. The van der Waals surface area contributed by atoms with Gasteiger partial charge in [0.2, 0.25) is 0 Å². The Labute approximate surface area is 247 Å². The first-order valence-corrected chi connectivity index (χ1v) is 14.6. The Bertz CT molecular complexity index is 1880. The lowest BCUT2D eigenvalue weighted by atomic mass is 10.1. The SMILES string of the molecule is CC(=O)c1ccc2nc(CN3CCN(c4ccc5cnn(Cc6ccc(C#N)cc6F)c5n4)CC3)n(C[C@@H]3CCO3)c2c1. The summed E-state index contributed by atoms with van der Waals surface area (Å²) >= 11 is 0. The molecule has 0 unspecified atom stereocenters. The number of nitrogens with zero attached hydrogens (tertiary/aromatic N) is 8. The predicted molar refractivity (Wildman–Crippen MR) is 159 cm³/mol. The lowest BCUT2D eigenvalue weighted by Crippen LogP contribution is -2.46. The zero-order valence-corrected chi connectivity index (χ0v) is 23.9. The van der Waals surface area contributed by atoms with Crippen molar-refractivity contribution in [1.29, 1.82) is 5.26 Å². The van der Waals surface area contributed by atoms with E-state index in [0.29, 0.717) is 23.3 Å². The summed E-state index contributed by atoms with van der Waals surface area (Å²) in [5.74, 6) is 1.46. The Kier molecular flexibility index (Phi) is 7.08. The highest BCUT2D eigenvalue weighted by Gasteiger charge is 2.25. The molecular formula is C32H31FN8O2. The number of halogens is 1. The van der Waals surface area contributed by atoms with E-state index in [4.69, 9.17) is 20.0 Å². The summed E-state index contributed by atoms with van der Waals surface area (Å²) in [4.78, 5) is 26.6. The molecule has 5 aromatic rings. The van der Waals surface area contributed by atoms with Gasteiger partial charge in [0.1, 0.15) is 17.5 Å². The summed E-state index contributed by atoms with van der Waals surface area (Å²) in [5.41, 5.74) is 4.01. The number of aromatic nitrogens is 5. The molecule has 0 spiro atoms. The molecule has 2 saturated heterocycles. The fourth-order valence-electron chi connectivity index (χ4n) is 5.82. The van der Waals surface area contributed by atoms with Crippen molar-refractivity contribution < 1.29 is 13.9 Å². The van der Waals surface area contributed by atoms with Crippen LogP contribution in [0.15, 0.2) is 54.7 Å². The quantitative estimate of drug-likeness (QED) is 0.253. The topological polar surface area (TPSA) is 105 Å². The fraction of sp³-hybridized carbons (Fsp3) is 0.344. The zero-order valence-electron chi connectivity index (χ0n) is 23.9. The van der Waals surface area contributed by atoms with Gasteiger partial charge in [-0.05, 0) is 55.8 Å². The average molecular weight is 579 g/mol. The minimum atomic E-state index is -0.428. The van der Waals surface area contributed by atoms with Gasteiger partial charge in [0.25, 0.3) is 0 Å². The molecule has 2 aromatic carbocycles. The number of rotatable bonds is 8. The van der Waals surface area contributed by atoms with E-state index in [2.05, 4.69) is 19.5 Å². The summed E-state index contributed by atoms with van der Waals surface area (Å²) in [6.45, 7) is 7.35. The number of Topliss-reactive ketones (excluding diaryl/α,β-unsaturated/α-hetero) is 1. The molecule has 43 heavy (non-hydrogen) atoms. The molecule has 0 aliphatic carbocycles. The lowest BCUT2D eigenvalue weighted by Gasteiger charge is -2.35. The van der Waals surface area contributed by atoms with Gasteiger partial charge in [-0.3, -0.25) is 9.69 Å². The van der Waals surface area contributed by atoms with Gasteiger partial charge in [-0.15, -0.1) is 0 Å². The molecular weight excluding hydrogens is 547 g/mol. The van der Waals surface area contributed by atoms with Crippen LogP contribution in [-0.4, -0.2) is 73.9 Å². The third-order valence-corrected chi connectivity index (χ3v) is 8.45. The van der Waals surface area contributed by atoms with Crippen molar-refractivity contribution in [2.75, 3.05) is 37.7 Å².